The molecule has 1 aliphatic rings. The topological polar surface area (TPSA) is 46.4 Å². The van der Waals surface area contributed by atoms with Crippen LogP contribution in [0.25, 0.3) is 0 Å². The van der Waals surface area contributed by atoms with Crippen molar-refractivity contribution in [2.75, 3.05) is 19.6 Å². The number of hydrogen-bond acceptors (Lipinski definition) is 1. The Labute approximate surface area is 79.7 Å². The molecule has 75 valence electrons. The van der Waals surface area contributed by atoms with Crippen LogP contribution in [0.4, 0.5) is 4.79 Å². The van der Waals surface area contributed by atoms with Gasteiger partial charge < -0.3 is 10.2 Å². The second-order valence-electron chi connectivity index (χ2n) is 3.81. The molecule has 0 aromatic heterocycles. The number of hydrogen-bond donors (Lipinski definition) is 1. The number of carbonyl (C=O) groups is 1. The molecule has 0 aliphatic carbocycles. The molecule has 0 aromatic rings. The molecule has 1 heterocycles. The summed E-state index contributed by atoms with van der Waals surface area (Å²) in [6.45, 7) is 8.24. The van der Waals surface area contributed by atoms with Crippen LogP contribution >= 0.6 is 0 Å². The van der Waals surface area contributed by atoms with Gasteiger partial charge in [-0.2, -0.15) is 0 Å². The molecular formula is C9H18N3O. The summed E-state index contributed by atoms with van der Waals surface area (Å²) in [5.41, 5.74) is 0. The van der Waals surface area contributed by atoms with Crippen LogP contribution in [0.3, 0.4) is 0 Å². The van der Waals surface area contributed by atoms with Gasteiger partial charge in [0.1, 0.15) is 0 Å². The maximum atomic E-state index is 11.5. The van der Waals surface area contributed by atoms with Crippen LogP contribution < -0.4 is 10.6 Å². The number of piperazine rings is 1. The van der Waals surface area contributed by atoms with E-state index in [2.05, 4.69) is 10.6 Å². The minimum atomic E-state index is 0.0387. The molecule has 1 unspecified atom stereocenters. The molecule has 0 spiro atoms. The molecule has 4 nitrogen and oxygen atoms in total. The fraction of sp³-hybridized carbons (Fsp3) is 0.889. The molecule has 1 atom stereocenters. The van der Waals surface area contributed by atoms with Gasteiger partial charge in [0, 0.05) is 31.7 Å². The van der Waals surface area contributed by atoms with Crippen LogP contribution in [-0.4, -0.2) is 42.6 Å². The summed E-state index contributed by atoms with van der Waals surface area (Å²) < 4.78 is 0. The average Bonchev–Trinajstić information content (AvgIpc) is 2.03. The van der Waals surface area contributed by atoms with Crippen molar-refractivity contribution >= 4 is 6.03 Å². The lowest BCUT2D eigenvalue weighted by Crippen LogP contribution is -2.52. The van der Waals surface area contributed by atoms with Crippen LogP contribution in [0.2, 0.25) is 0 Å². The molecule has 1 rings (SSSR count). The zero-order chi connectivity index (χ0) is 9.84. The number of nitrogens with one attached hydrogen (secondary N) is 1. The van der Waals surface area contributed by atoms with Crippen LogP contribution in [0, 0.1) is 0 Å². The molecule has 1 saturated heterocycles. The molecule has 0 bridgehead atoms. The molecule has 1 N–H and O–H groups in total. The van der Waals surface area contributed by atoms with Crippen molar-refractivity contribution in [2.45, 2.75) is 32.9 Å². The first-order valence-electron chi connectivity index (χ1n) is 4.81. The number of rotatable bonds is 1. The van der Waals surface area contributed by atoms with Crippen LogP contribution in [0.5, 0.6) is 0 Å². The summed E-state index contributed by atoms with van der Waals surface area (Å²) in [5, 5.41) is 7.20. The molecule has 13 heavy (non-hydrogen) atoms. The molecule has 0 aromatic carbocycles. The Bertz CT molecular complexity index is 182. The van der Waals surface area contributed by atoms with Gasteiger partial charge in [-0.1, -0.05) is 0 Å². The summed E-state index contributed by atoms with van der Waals surface area (Å²) in [5.74, 6) is 0. The molecule has 1 aliphatic heterocycles. The standard InChI is InChI=1S/C9H18N3O/c1-7(2)11-9(13)12-5-4-10-8(3)6-12/h7-8H,4-6H2,1-3H3,(H,11,13). The van der Waals surface area contributed by atoms with Gasteiger partial charge in [-0.05, 0) is 20.8 Å². The van der Waals surface area contributed by atoms with E-state index in [0.29, 0.717) is 0 Å². The van der Waals surface area contributed by atoms with E-state index in [-0.39, 0.29) is 18.1 Å². The molecule has 1 fully saturated rings. The van der Waals surface area contributed by atoms with E-state index in [0.717, 1.165) is 19.6 Å². The highest BCUT2D eigenvalue weighted by atomic mass is 16.2. The number of nitrogens with zero attached hydrogens (tertiary/aromatic N) is 2. The fourth-order valence-electron chi connectivity index (χ4n) is 1.39. The second-order valence-corrected chi connectivity index (χ2v) is 3.81. The predicted molar refractivity (Wildman–Crippen MR) is 51.7 cm³/mol. The van der Waals surface area contributed by atoms with Crippen LogP contribution in [-0.2, 0) is 0 Å². The first-order chi connectivity index (χ1) is 6.09. The van der Waals surface area contributed by atoms with Crippen molar-refractivity contribution in [3.63, 3.8) is 0 Å². The van der Waals surface area contributed by atoms with Crippen molar-refractivity contribution < 1.29 is 4.79 Å². The largest absolute Gasteiger partial charge is 0.336 e. The Morgan fingerprint density at radius 1 is 1.62 bits per heavy atom. The summed E-state index contributed by atoms with van der Waals surface area (Å²) in [7, 11) is 0. The third-order valence-corrected chi connectivity index (χ3v) is 1.99. The van der Waals surface area contributed by atoms with Gasteiger partial charge in [0.25, 0.3) is 0 Å². The van der Waals surface area contributed by atoms with E-state index >= 15 is 0 Å². The Balaban J connectivity index is 2.37. The van der Waals surface area contributed by atoms with E-state index in [4.69, 9.17) is 0 Å². The molecule has 4 heteroatoms. The lowest BCUT2D eigenvalue weighted by molar-refractivity contribution is 0.176. The van der Waals surface area contributed by atoms with Gasteiger partial charge >= 0.3 is 6.03 Å². The third-order valence-electron chi connectivity index (χ3n) is 1.99. The summed E-state index contributed by atoms with van der Waals surface area (Å²) in [4.78, 5) is 13.4. The van der Waals surface area contributed by atoms with E-state index < -0.39 is 0 Å². The van der Waals surface area contributed by atoms with Gasteiger partial charge in [0.2, 0.25) is 0 Å². The van der Waals surface area contributed by atoms with Crippen molar-refractivity contribution in [3.8, 4) is 0 Å². The smallest absolute Gasteiger partial charge is 0.317 e. The number of amides is 2. The maximum absolute atomic E-state index is 11.5. The van der Waals surface area contributed by atoms with Crippen molar-refractivity contribution in [1.29, 1.82) is 0 Å². The number of urea groups is 1. The van der Waals surface area contributed by atoms with Crippen LogP contribution in [0.1, 0.15) is 20.8 Å². The fourth-order valence-corrected chi connectivity index (χ4v) is 1.39. The van der Waals surface area contributed by atoms with Gasteiger partial charge in [0.15, 0.2) is 0 Å². The van der Waals surface area contributed by atoms with Crippen LogP contribution in [0.15, 0.2) is 0 Å². The Hall–Kier alpha value is -0.770. The first-order valence-corrected chi connectivity index (χ1v) is 4.81. The second kappa shape index (κ2) is 4.46. The first kappa shape index (κ1) is 10.3. The van der Waals surface area contributed by atoms with Gasteiger partial charge in [-0.3, -0.25) is 0 Å². The summed E-state index contributed by atoms with van der Waals surface area (Å²) >= 11 is 0. The normalized spacial score (nSPS) is 23.4. The highest BCUT2D eigenvalue weighted by Gasteiger charge is 2.21. The van der Waals surface area contributed by atoms with Gasteiger partial charge in [-0.15, -0.1) is 0 Å². The minimum Gasteiger partial charge on any atom is -0.336 e. The lowest BCUT2D eigenvalue weighted by Gasteiger charge is -2.31. The monoisotopic (exact) mass is 184 g/mol. The Morgan fingerprint density at radius 3 is 2.85 bits per heavy atom. The Kier molecular flexibility index (Phi) is 3.54. The zero-order valence-electron chi connectivity index (χ0n) is 8.58. The summed E-state index contributed by atoms with van der Waals surface area (Å²) in [6.07, 6.45) is 0. The van der Waals surface area contributed by atoms with Crippen molar-refractivity contribution in [2.24, 2.45) is 0 Å². The quantitative estimate of drug-likeness (QED) is 0.630. The SMILES string of the molecule is CC1CN(C(=O)NC(C)C)CC[N]1. The lowest BCUT2D eigenvalue weighted by atomic mass is 10.2. The highest BCUT2D eigenvalue weighted by molar-refractivity contribution is 5.74. The third kappa shape index (κ3) is 3.22. The number of carbonyl (C=O) groups excluding carboxylic acids is 1. The van der Waals surface area contributed by atoms with E-state index in [1.54, 1.807) is 0 Å². The van der Waals surface area contributed by atoms with E-state index in [1.807, 2.05) is 25.7 Å². The van der Waals surface area contributed by atoms with E-state index in [1.165, 1.54) is 0 Å². The van der Waals surface area contributed by atoms with Gasteiger partial charge in [0.05, 0.1) is 0 Å². The summed E-state index contributed by atoms with van der Waals surface area (Å²) in [6, 6.07) is 0.532. The van der Waals surface area contributed by atoms with Crippen molar-refractivity contribution in [1.82, 2.24) is 15.5 Å². The highest BCUT2D eigenvalue weighted by Crippen LogP contribution is 2.00. The average molecular weight is 184 g/mol. The maximum Gasteiger partial charge on any atom is 0.317 e. The Morgan fingerprint density at radius 2 is 2.31 bits per heavy atom. The molecule has 2 amide bonds. The van der Waals surface area contributed by atoms with E-state index in [9.17, 15) is 4.79 Å². The zero-order valence-corrected chi connectivity index (χ0v) is 8.58. The minimum absolute atomic E-state index is 0.0387. The molecule has 0 saturated carbocycles. The molecule has 1 radical (unpaired) electrons. The van der Waals surface area contributed by atoms with Crippen molar-refractivity contribution in [3.05, 3.63) is 0 Å². The predicted octanol–water partition coefficient (Wildman–Crippen LogP) is 0.413. The molecular weight excluding hydrogens is 166 g/mol. The van der Waals surface area contributed by atoms with Gasteiger partial charge in [-0.25, -0.2) is 10.1 Å².